The number of rotatable bonds is 7. The maximum Gasteiger partial charge on any atom is 0.166 e. The lowest BCUT2D eigenvalue weighted by Gasteiger charge is -2.20. The van der Waals surface area contributed by atoms with Crippen molar-refractivity contribution >= 4 is 5.78 Å². The Balaban J connectivity index is 1.88. The van der Waals surface area contributed by atoms with E-state index in [1.165, 1.54) is 6.07 Å². The molecule has 0 radical (unpaired) electrons. The minimum Gasteiger partial charge on any atom is -0.507 e. The fraction of sp³-hybridized carbons (Fsp3) is 0.208. The van der Waals surface area contributed by atoms with E-state index in [4.69, 9.17) is 4.74 Å². The van der Waals surface area contributed by atoms with E-state index < -0.39 is 0 Å². The summed E-state index contributed by atoms with van der Waals surface area (Å²) in [5.41, 5.74) is 2.37. The zero-order valence-corrected chi connectivity index (χ0v) is 15.6. The topological polar surface area (TPSA) is 46.5 Å². The molecule has 0 aliphatic carbocycles. The molecule has 138 valence electrons. The summed E-state index contributed by atoms with van der Waals surface area (Å²) in [6.07, 6.45) is 0.105. The van der Waals surface area contributed by atoms with Gasteiger partial charge < -0.3 is 9.84 Å². The van der Waals surface area contributed by atoms with Gasteiger partial charge in [-0.25, -0.2) is 0 Å². The highest BCUT2D eigenvalue weighted by Crippen LogP contribution is 2.32. The van der Waals surface area contributed by atoms with Gasteiger partial charge in [0.25, 0.3) is 0 Å². The van der Waals surface area contributed by atoms with E-state index in [1.807, 2.05) is 74.5 Å². The van der Waals surface area contributed by atoms with Gasteiger partial charge in [-0.1, -0.05) is 74.5 Å². The van der Waals surface area contributed by atoms with E-state index >= 15 is 0 Å². The summed E-state index contributed by atoms with van der Waals surface area (Å²) in [4.78, 5) is 12.3. The largest absolute Gasteiger partial charge is 0.507 e. The Labute approximate surface area is 160 Å². The van der Waals surface area contributed by atoms with Gasteiger partial charge in [0, 0.05) is 12.5 Å². The summed E-state index contributed by atoms with van der Waals surface area (Å²) in [6.45, 7) is 3.97. The number of aromatic hydroxyl groups is 1. The molecule has 0 fully saturated rings. The molecular formula is C24H24O3. The monoisotopic (exact) mass is 360 g/mol. The average molecular weight is 360 g/mol. The zero-order chi connectivity index (χ0) is 19.2. The van der Waals surface area contributed by atoms with Crippen LogP contribution < -0.4 is 4.74 Å². The van der Waals surface area contributed by atoms with E-state index in [2.05, 4.69) is 0 Å². The van der Waals surface area contributed by atoms with Crippen LogP contribution in [0.4, 0.5) is 0 Å². The van der Waals surface area contributed by atoms with Gasteiger partial charge in [0.1, 0.15) is 17.6 Å². The maximum atomic E-state index is 12.3. The SMILES string of the molecule is CC(C)CC(=O)c1ccc(OC(c2ccccc2)c2ccccc2)cc1O. The smallest absolute Gasteiger partial charge is 0.166 e. The van der Waals surface area contributed by atoms with E-state index in [1.54, 1.807) is 12.1 Å². The molecule has 27 heavy (non-hydrogen) atoms. The van der Waals surface area contributed by atoms with Crippen molar-refractivity contribution in [2.75, 3.05) is 0 Å². The molecule has 0 heterocycles. The van der Waals surface area contributed by atoms with Crippen LogP contribution in [0.3, 0.4) is 0 Å². The third-order valence-electron chi connectivity index (χ3n) is 4.32. The number of carbonyl (C=O) groups is 1. The summed E-state index contributed by atoms with van der Waals surface area (Å²) in [6, 6.07) is 24.8. The predicted molar refractivity (Wildman–Crippen MR) is 107 cm³/mol. The van der Waals surface area contributed by atoms with Crippen molar-refractivity contribution in [1.29, 1.82) is 0 Å². The molecular weight excluding hydrogens is 336 g/mol. The standard InChI is InChI=1S/C24H24O3/c1-17(2)15-22(25)21-14-13-20(16-23(21)26)27-24(18-9-5-3-6-10-18)19-11-7-4-8-12-19/h3-14,16-17,24,26H,15H2,1-2H3. The van der Waals surface area contributed by atoms with Gasteiger partial charge in [-0.05, 0) is 29.2 Å². The Bertz CT molecular complexity index is 847. The second-order valence-electron chi connectivity index (χ2n) is 7.02. The normalized spacial score (nSPS) is 11.0. The molecule has 0 unspecified atom stereocenters. The summed E-state index contributed by atoms with van der Waals surface area (Å²) in [7, 11) is 0. The number of hydrogen-bond acceptors (Lipinski definition) is 3. The molecule has 1 N–H and O–H groups in total. The van der Waals surface area contributed by atoms with Crippen LogP contribution in [-0.4, -0.2) is 10.9 Å². The second kappa shape index (κ2) is 8.54. The van der Waals surface area contributed by atoms with E-state index in [0.717, 1.165) is 11.1 Å². The highest BCUT2D eigenvalue weighted by atomic mass is 16.5. The van der Waals surface area contributed by atoms with Gasteiger partial charge in [-0.3, -0.25) is 4.79 Å². The van der Waals surface area contributed by atoms with Crippen LogP contribution in [0, 0.1) is 5.92 Å². The van der Waals surface area contributed by atoms with E-state index in [0.29, 0.717) is 17.7 Å². The first-order chi connectivity index (χ1) is 13.0. The van der Waals surface area contributed by atoms with Gasteiger partial charge in [0.05, 0.1) is 5.56 Å². The average Bonchev–Trinajstić information content (AvgIpc) is 2.67. The summed E-state index contributed by atoms with van der Waals surface area (Å²) < 4.78 is 6.21. The van der Waals surface area contributed by atoms with Gasteiger partial charge in [0.15, 0.2) is 5.78 Å². The summed E-state index contributed by atoms with van der Waals surface area (Å²) in [5, 5.41) is 10.3. The molecule has 3 nitrogen and oxygen atoms in total. The Morgan fingerprint density at radius 3 is 1.93 bits per heavy atom. The predicted octanol–water partition coefficient (Wildman–Crippen LogP) is 5.79. The molecule has 0 atom stereocenters. The van der Waals surface area contributed by atoms with Gasteiger partial charge in [-0.15, -0.1) is 0 Å². The van der Waals surface area contributed by atoms with Crippen LogP contribution >= 0.6 is 0 Å². The second-order valence-corrected chi connectivity index (χ2v) is 7.02. The van der Waals surface area contributed by atoms with Crippen molar-refractivity contribution in [2.45, 2.75) is 26.4 Å². The third-order valence-corrected chi connectivity index (χ3v) is 4.32. The number of benzene rings is 3. The summed E-state index contributed by atoms with van der Waals surface area (Å²) >= 11 is 0. The lowest BCUT2D eigenvalue weighted by atomic mass is 10.00. The van der Waals surface area contributed by atoms with Crippen molar-refractivity contribution in [1.82, 2.24) is 0 Å². The maximum absolute atomic E-state index is 12.3. The van der Waals surface area contributed by atoms with Gasteiger partial charge in [0.2, 0.25) is 0 Å². The molecule has 3 aromatic carbocycles. The van der Waals surface area contributed by atoms with Crippen LogP contribution in [0.2, 0.25) is 0 Å². The first-order valence-electron chi connectivity index (χ1n) is 9.17. The molecule has 0 aromatic heterocycles. The quantitative estimate of drug-likeness (QED) is 0.543. The number of carbonyl (C=O) groups excluding carboxylic acids is 1. The molecule has 3 rings (SSSR count). The van der Waals surface area contributed by atoms with Crippen molar-refractivity contribution in [2.24, 2.45) is 5.92 Å². The van der Waals surface area contributed by atoms with Crippen molar-refractivity contribution in [3.8, 4) is 11.5 Å². The minimum absolute atomic E-state index is 0.0435. The lowest BCUT2D eigenvalue weighted by molar-refractivity contribution is 0.0965. The molecule has 0 saturated carbocycles. The van der Waals surface area contributed by atoms with Crippen LogP contribution in [0.1, 0.15) is 47.9 Å². The van der Waals surface area contributed by atoms with Gasteiger partial charge >= 0.3 is 0 Å². The Morgan fingerprint density at radius 1 is 0.889 bits per heavy atom. The van der Waals surface area contributed by atoms with E-state index in [-0.39, 0.29) is 23.6 Å². The number of phenols is 1. The lowest BCUT2D eigenvalue weighted by Crippen LogP contribution is -2.10. The highest BCUT2D eigenvalue weighted by molar-refractivity contribution is 5.98. The Morgan fingerprint density at radius 2 is 1.44 bits per heavy atom. The number of hydrogen-bond donors (Lipinski definition) is 1. The van der Waals surface area contributed by atoms with Crippen LogP contribution in [0.5, 0.6) is 11.5 Å². The summed E-state index contributed by atoms with van der Waals surface area (Å²) in [5.74, 6) is 0.661. The number of phenolic OH excluding ortho intramolecular Hbond substituents is 1. The number of ketones is 1. The highest BCUT2D eigenvalue weighted by Gasteiger charge is 2.18. The number of ether oxygens (including phenoxy) is 1. The molecule has 3 aromatic rings. The Kier molecular flexibility index (Phi) is 5.92. The third kappa shape index (κ3) is 4.76. The van der Waals surface area contributed by atoms with Crippen molar-refractivity contribution in [3.05, 3.63) is 95.6 Å². The minimum atomic E-state index is -0.302. The van der Waals surface area contributed by atoms with Crippen LogP contribution in [0.15, 0.2) is 78.9 Å². The van der Waals surface area contributed by atoms with Crippen LogP contribution in [-0.2, 0) is 0 Å². The fourth-order valence-corrected chi connectivity index (χ4v) is 3.02. The molecule has 0 spiro atoms. The molecule has 0 amide bonds. The fourth-order valence-electron chi connectivity index (χ4n) is 3.02. The van der Waals surface area contributed by atoms with Crippen LogP contribution in [0.25, 0.3) is 0 Å². The zero-order valence-electron chi connectivity index (χ0n) is 15.6. The Hall–Kier alpha value is -3.07. The van der Waals surface area contributed by atoms with E-state index in [9.17, 15) is 9.90 Å². The van der Waals surface area contributed by atoms with Crippen molar-refractivity contribution in [3.63, 3.8) is 0 Å². The molecule has 3 heteroatoms. The molecule has 0 aliphatic rings. The first-order valence-corrected chi connectivity index (χ1v) is 9.17. The molecule has 0 bridgehead atoms. The number of Topliss-reactive ketones (excluding diaryl/α,β-unsaturated/α-hetero) is 1. The van der Waals surface area contributed by atoms with Crippen molar-refractivity contribution < 1.29 is 14.6 Å². The molecule has 0 aliphatic heterocycles. The molecule has 0 saturated heterocycles. The van der Waals surface area contributed by atoms with Gasteiger partial charge in [-0.2, -0.15) is 0 Å². The first kappa shape index (κ1) is 18.7.